The molecule has 0 radical (unpaired) electrons. The molecule has 1 aromatic heterocycles. The quantitative estimate of drug-likeness (QED) is 0.903. The predicted molar refractivity (Wildman–Crippen MR) is 85.0 cm³/mol. The topological polar surface area (TPSA) is 32.3 Å². The van der Waals surface area contributed by atoms with Crippen molar-refractivity contribution in [1.29, 1.82) is 0 Å². The van der Waals surface area contributed by atoms with Gasteiger partial charge in [0.25, 0.3) is 0 Å². The summed E-state index contributed by atoms with van der Waals surface area (Å²) < 4.78 is 0. The first-order valence-electron chi connectivity index (χ1n) is 7.52. The number of nitrogens with zero attached hydrogens (tertiary/aromatic N) is 1. The molecule has 0 atom stereocenters. The fourth-order valence-corrected chi connectivity index (χ4v) is 4.00. The highest BCUT2D eigenvalue weighted by atomic mass is 32.1. The number of hydrogen-bond donors (Lipinski definition) is 1. The van der Waals surface area contributed by atoms with Crippen molar-refractivity contribution in [1.82, 2.24) is 10.2 Å². The van der Waals surface area contributed by atoms with E-state index in [0.29, 0.717) is 6.42 Å². The number of hydrogen-bond acceptors (Lipinski definition) is 3. The van der Waals surface area contributed by atoms with E-state index in [2.05, 4.69) is 23.7 Å². The summed E-state index contributed by atoms with van der Waals surface area (Å²) in [5, 5.41) is 5.52. The van der Waals surface area contributed by atoms with Crippen LogP contribution in [-0.4, -0.2) is 30.4 Å². The Bertz CT molecular complexity index is 449. The molecule has 1 amide bonds. The van der Waals surface area contributed by atoms with Crippen molar-refractivity contribution in [2.24, 2.45) is 0 Å². The lowest BCUT2D eigenvalue weighted by atomic mass is 9.79. The lowest BCUT2D eigenvalue weighted by Gasteiger charge is -2.37. The minimum atomic E-state index is 0.0358. The van der Waals surface area contributed by atoms with Crippen molar-refractivity contribution in [3.63, 3.8) is 0 Å². The summed E-state index contributed by atoms with van der Waals surface area (Å²) in [6.45, 7) is 2.85. The minimum Gasteiger partial charge on any atom is -0.341 e. The Balaban J connectivity index is 1.94. The Hall–Kier alpha value is -0.870. The molecule has 0 unspecified atom stereocenters. The van der Waals surface area contributed by atoms with Gasteiger partial charge < -0.3 is 10.2 Å². The molecule has 1 heterocycles. The molecular formula is C16H26N2OS. The third-order valence-electron chi connectivity index (χ3n) is 4.61. The fourth-order valence-electron chi connectivity index (χ4n) is 3.04. The molecule has 1 saturated carbocycles. The van der Waals surface area contributed by atoms with Crippen molar-refractivity contribution >= 4 is 17.2 Å². The number of thiophene rings is 1. The Morgan fingerprint density at radius 2 is 2.10 bits per heavy atom. The van der Waals surface area contributed by atoms with Crippen LogP contribution in [0.25, 0.3) is 0 Å². The first-order chi connectivity index (χ1) is 9.56. The van der Waals surface area contributed by atoms with Crippen LogP contribution in [0, 0.1) is 6.92 Å². The van der Waals surface area contributed by atoms with Gasteiger partial charge in [-0.3, -0.25) is 4.79 Å². The van der Waals surface area contributed by atoms with Gasteiger partial charge in [-0.2, -0.15) is 0 Å². The fraction of sp³-hybridized carbons (Fsp3) is 0.688. The van der Waals surface area contributed by atoms with Gasteiger partial charge in [0, 0.05) is 23.9 Å². The number of amides is 1. The van der Waals surface area contributed by atoms with Crippen molar-refractivity contribution < 1.29 is 4.79 Å². The molecule has 4 heteroatoms. The second-order valence-electron chi connectivity index (χ2n) is 6.04. The van der Waals surface area contributed by atoms with E-state index in [1.807, 2.05) is 19.0 Å². The van der Waals surface area contributed by atoms with Crippen molar-refractivity contribution in [3.05, 3.63) is 21.9 Å². The average molecular weight is 294 g/mol. The Morgan fingerprint density at radius 1 is 1.40 bits per heavy atom. The number of aryl methyl sites for hydroxylation is 1. The van der Waals surface area contributed by atoms with E-state index < -0.39 is 0 Å². The summed E-state index contributed by atoms with van der Waals surface area (Å²) >= 11 is 1.74. The molecular weight excluding hydrogens is 268 g/mol. The van der Waals surface area contributed by atoms with E-state index in [-0.39, 0.29) is 11.4 Å². The van der Waals surface area contributed by atoms with Crippen molar-refractivity contribution in [2.45, 2.75) is 57.5 Å². The largest absolute Gasteiger partial charge is 0.341 e. The number of nitrogens with one attached hydrogen (secondary N) is 1. The molecule has 1 aromatic rings. The average Bonchev–Trinajstić information content (AvgIpc) is 2.85. The molecule has 0 aliphatic heterocycles. The van der Waals surface area contributed by atoms with Crippen LogP contribution in [0.1, 0.15) is 49.0 Å². The van der Waals surface area contributed by atoms with Crippen LogP contribution in [0.5, 0.6) is 0 Å². The lowest BCUT2D eigenvalue weighted by Crippen LogP contribution is -2.48. The standard InChI is InChI=1S/C16H26N2OS/c1-13-7-10-20-14(13)12-18(3)15(19)11-16(17-2)8-5-4-6-9-16/h7,10,17H,4-6,8-9,11-12H2,1-3H3. The Labute approximate surface area is 126 Å². The number of carbonyl (C=O) groups is 1. The summed E-state index contributed by atoms with van der Waals surface area (Å²) in [7, 11) is 3.93. The van der Waals surface area contributed by atoms with Gasteiger partial charge in [0.1, 0.15) is 0 Å². The summed E-state index contributed by atoms with van der Waals surface area (Å²) in [4.78, 5) is 15.7. The van der Waals surface area contributed by atoms with E-state index in [9.17, 15) is 4.79 Å². The third kappa shape index (κ3) is 3.61. The molecule has 0 saturated heterocycles. The van der Waals surface area contributed by atoms with Gasteiger partial charge in [-0.1, -0.05) is 19.3 Å². The second kappa shape index (κ2) is 6.72. The van der Waals surface area contributed by atoms with Gasteiger partial charge in [-0.25, -0.2) is 0 Å². The van der Waals surface area contributed by atoms with Gasteiger partial charge in [-0.15, -0.1) is 11.3 Å². The molecule has 1 N–H and O–H groups in total. The van der Waals surface area contributed by atoms with E-state index in [0.717, 1.165) is 19.4 Å². The van der Waals surface area contributed by atoms with E-state index in [1.54, 1.807) is 11.3 Å². The summed E-state index contributed by atoms with van der Waals surface area (Å²) in [5.41, 5.74) is 1.32. The lowest BCUT2D eigenvalue weighted by molar-refractivity contribution is -0.132. The van der Waals surface area contributed by atoms with Crippen LogP contribution in [0.3, 0.4) is 0 Å². The van der Waals surface area contributed by atoms with Crippen LogP contribution in [-0.2, 0) is 11.3 Å². The highest BCUT2D eigenvalue weighted by molar-refractivity contribution is 7.10. The zero-order valence-corrected chi connectivity index (χ0v) is 13.7. The van der Waals surface area contributed by atoms with Gasteiger partial charge >= 0.3 is 0 Å². The summed E-state index contributed by atoms with van der Waals surface area (Å²) in [5.74, 6) is 0.258. The van der Waals surface area contributed by atoms with Gasteiger partial charge in [0.2, 0.25) is 5.91 Å². The predicted octanol–water partition coefficient (Wildman–Crippen LogP) is 3.33. The molecule has 3 nitrogen and oxygen atoms in total. The molecule has 2 rings (SSSR count). The van der Waals surface area contributed by atoms with Crippen LogP contribution in [0.2, 0.25) is 0 Å². The monoisotopic (exact) mass is 294 g/mol. The Kier molecular flexibility index (Phi) is 5.22. The maximum absolute atomic E-state index is 12.5. The van der Waals surface area contributed by atoms with E-state index in [4.69, 9.17) is 0 Å². The number of carbonyl (C=O) groups excluding carboxylic acids is 1. The molecule has 1 aliphatic rings. The normalized spacial score (nSPS) is 17.9. The molecule has 1 aliphatic carbocycles. The molecule has 0 aromatic carbocycles. The molecule has 112 valence electrons. The summed E-state index contributed by atoms with van der Waals surface area (Å²) in [6.07, 6.45) is 6.66. The minimum absolute atomic E-state index is 0.0358. The summed E-state index contributed by atoms with van der Waals surface area (Å²) in [6, 6.07) is 2.12. The molecule has 0 spiro atoms. The van der Waals surface area contributed by atoms with Crippen molar-refractivity contribution in [3.8, 4) is 0 Å². The van der Waals surface area contributed by atoms with Crippen LogP contribution in [0.4, 0.5) is 0 Å². The van der Waals surface area contributed by atoms with Crippen LogP contribution in [0.15, 0.2) is 11.4 Å². The first-order valence-corrected chi connectivity index (χ1v) is 8.40. The zero-order valence-electron chi connectivity index (χ0n) is 12.9. The first kappa shape index (κ1) is 15.5. The maximum Gasteiger partial charge on any atom is 0.224 e. The van der Waals surface area contributed by atoms with Gasteiger partial charge in [0.05, 0.1) is 6.54 Å². The van der Waals surface area contributed by atoms with Crippen molar-refractivity contribution in [2.75, 3.05) is 14.1 Å². The Morgan fingerprint density at radius 3 is 2.65 bits per heavy atom. The second-order valence-corrected chi connectivity index (χ2v) is 7.05. The highest BCUT2D eigenvalue weighted by Crippen LogP contribution is 2.31. The van der Waals surface area contributed by atoms with Crippen LogP contribution >= 0.6 is 11.3 Å². The van der Waals surface area contributed by atoms with Gasteiger partial charge in [0.15, 0.2) is 0 Å². The maximum atomic E-state index is 12.5. The zero-order chi connectivity index (χ0) is 14.6. The van der Waals surface area contributed by atoms with Crippen LogP contribution < -0.4 is 5.32 Å². The number of rotatable bonds is 5. The molecule has 20 heavy (non-hydrogen) atoms. The van der Waals surface area contributed by atoms with Gasteiger partial charge in [-0.05, 0) is 43.8 Å². The highest BCUT2D eigenvalue weighted by Gasteiger charge is 2.33. The molecule has 1 fully saturated rings. The SMILES string of the molecule is CNC1(CC(=O)N(C)Cc2sccc2C)CCCCC1. The molecule has 0 bridgehead atoms. The van der Waals surface area contributed by atoms with E-state index >= 15 is 0 Å². The van der Waals surface area contributed by atoms with E-state index in [1.165, 1.54) is 29.7 Å². The third-order valence-corrected chi connectivity index (χ3v) is 5.61. The smallest absolute Gasteiger partial charge is 0.224 e.